The molecule has 46 heavy (non-hydrogen) atoms. The van der Waals surface area contributed by atoms with E-state index in [4.69, 9.17) is 24.7 Å². The van der Waals surface area contributed by atoms with Crippen molar-refractivity contribution in [3.8, 4) is 17.3 Å². The molecule has 3 atom stereocenters. The van der Waals surface area contributed by atoms with Crippen LogP contribution in [0.15, 0.2) is 83.6 Å². The first-order chi connectivity index (χ1) is 22.4. The Morgan fingerprint density at radius 1 is 0.978 bits per heavy atom. The van der Waals surface area contributed by atoms with E-state index in [9.17, 15) is 4.79 Å². The molecular weight excluding hydrogens is 586 g/mol. The molecular formula is C33H35N9O4. The van der Waals surface area contributed by atoms with Crippen LogP contribution in [-0.4, -0.2) is 85.7 Å². The molecule has 0 aliphatic carbocycles. The molecule has 1 amide bonds. The van der Waals surface area contributed by atoms with Gasteiger partial charge in [-0.25, -0.2) is 9.67 Å². The van der Waals surface area contributed by atoms with Crippen molar-refractivity contribution in [2.45, 2.75) is 32.0 Å². The van der Waals surface area contributed by atoms with E-state index < -0.39 is 6.04 Å². The lowest BCUT2D eigenvalue weighted by atomic mass is 10.0. The number of hydrogen-bond acceptors (Lipinski definition) is 10. The van der Waals surface area contributed by atoms with Crippen molar-refractivity contribution in [3.05, 3.63) is 84.8 Å². The normalized spacial score (nSPS) is 17.5. The third-order valence-corrected chi connectivity index (χ3v) is 8.32. The summed E-state index contributed by atoms with van der Waals surface area (Å²) in [5.74, 6) is 1.73. The number of nitrogen functional groups attached to an aromatic ring is 1. The summed E-state index contributed by atoms with van der Waals surface area (Å²) in [6.45, 7) is 6.53. The number of furan rings is 1. The third kappa shape index (κ3) is 5.28. The Kier molecular flexibility index (Phi) is 7.74. The number of ether oxygens (including phenoxy) is 2. The summed E-state index contributed by atoms with van der Waals surface area (Å²) in [4.78, 5) is 28.3. The van der Waals surface area contributed by atoms with Crippen molar-refractivity contribution in [3.63, 3.8) is 0 Å². The van der Waals surface area contributed by atoms with E-state index in [2.05, 4.69) is 45.9 Å². The van der Waals surface area contributed by atoms with Crippen LogP contribution in [0.3, 0.4) is 0 Å². The van der Waals surface area contributed by atoms with Crippen LogP contribution >= 0.6 is 0 Å². The van der Waals surface area contributed by atoms with Gasteiger partial charge in [0.2, 0.25) is 11.8 Å². The Labute approximate surface area is 265 Å². The third-order valence-electron chi connectivity index (χ3n) is 8.32. The summed E-state index contributed by atoms with van der Waals surface area (Å²) in [6.07, 6.45) is 3.22. The van der Waals surface area contributed by atoms with Crippen LogP contribution in [0.4, 0.5) is 11.6 Å². The Hall–Kier alpha value is -5.43. The molecule has 6 aromatic rings. The lowest BCUT2D eigenvalue weighted by molar-refractivity contribution is -0.138. The predicted molar refractivity (Wildman–Crippen MR) is 173 cm³/mol. The summed E-state index contributed by atoms with van der Waals surface area (Å²) in [7, 11) is 1.65. The molecule has 0 saturated carbocycles. The van der Waals surface area contributed by atoms with Gasteiger partial charge in [0.25, 0.3) is 5.91 Å². The van der Waals surface area contributed by atoms with Gasteiger partial charge in [-0.1, -0.05) is 30.3 Å². The molecule has 1 aliphatic heterocycles. The van der Waals surface area contributed by atoms with Gasteiger partial charge in [0.05, 0.1) is 24.5 Å². The first-order valence-electron chi connectivity index (χ1n) is 15.2. The quantitative estimate of drug-likeness (QED) is 0.235. The largest absolute Gasteiger partial charge is 0.491 e. The smallest absolute Gasteiger partial charge is 0.252 e. The van der Waals surface area contributed by atoms with E-state index in [0.717, 1.165) is 17.0 Å². The van der Waals surface area contributed by atoms with Gasteiger partial charge in [0, 0.05) is 38.0 Å². The first kappa shape index (κ1) is 29.3. The van der Waals surface area contributed by atoms with Crippen LogP contribution in [-0.2, 0) is 9.53 Å². The number of aromatic nitrogens is 6. The van der Waals surface area contributed by atoms with E-state index in [1.54, 1.807) is 36.4 Å². The lowest BCUT2D eigenvalue weighted by Crippen LogP contribution is -2.60. The Morgan fingerprint density at radius 3 is 2.43 bits per heavy atom. The van der Waals surface area contributed by atoms with Crippen molar-refractivity contribution in [1.29, 1.82) is 0 Å². The molecule has 0 radical (unpaired) electrons. The zero-order valence-corrected chi connectivity index (χ0v) is 25.9. The second-order valence-electron chi connectivity index (χ2n) is 11.4. The number of anilines is 2. The number of benzene rings is 2. The summed E-state index contributed by atoms with van der Waals surface area (Å²) in [6, 6.07) is 20.3. The number of carbonyl (C=O) groups is 1. The minimum absolute atomic E-state index is 0.0734. The van der Waals surface area contributed by atoms with E-state index in [1.165, 1.54) is 4.52 Å². The second-order valence-corrected chi connectivity index (χ2v) is 11.4. The highest BCUT2D eigenvalue weighted by Gasteiger charge is 2.39. The van der Waals surface area contributed by atoms with Gasteiger partial charge in [-0.15, -0.1) is 5.10 Å². The predicted octanol–water partition coefficient (Wildman–Crippen LogP) is 4.06. The highest BCUT2D eigenvalue weighted by atomic mass is 16.5. The maximum atomic E-state index is 14.7. The number of piperazine rings is 1. The molecule has 13 nitrogen and oxygen atoms in total. The number of amides is 1. The second kappa shape index (κ2) is 12.2. The number of rotatable bonds is 9. The Morgan fingerprint density at radius 2 is 1.74 bits per heavy atom. The van der Waals surface area contributed by atoms with Gasteiger partial charge >= 0.3 is 0 Å². The summed E-state index contributed by atoms with van der Waals surface area (Å²) in [5.41, 5.74) is 9.18. The molecule has 4 aromatic heterocycles. The Balaban J connectivity index is 1.20. The average molecular weight is 622 g/mol. The van der Waals surface area contributed by atoms with E-state index in [0.29, 0.717) is 54.6 Å². The fourth-order valence-electron chi connectivity index (χ4n) is 6.26. The van der Waals surface area contributed by atoms with Crippen LogP contribution < -0.4 is 15.4 Å². The van der Waals surface area contributed by atoms with Crippen LogP contribution in [0.2, 0.25) is 0 Å². The standard InChI is InChI=1S/C33H35N9O4/c1-21-19-39(24-11-13-25(14-12-24)45-17-16-44-3)20-22(2)40(21)32(43)28(23-8-5-4-6-9-23)41-31-26(18-35-41)30-36-29(27-10-7-15-46-27)38-42(30)33(34)37-31/h4-15,18,21-22,28H,16-17,19-20H2,1-3H3,(H2,34,37). The van der Waals surface area contributed by atoms with Crippen LogP contribution in [0, 0.1) is 0 Å². The number of fused-ring (bicyclic) bond motifs is 3. The number of hydrogen-bond donors (Lipinski definition) is 1. The van der Waals surface area contributed by atoms with Crippen molar-refractivity contribution >= 4 is 34.2 Å². The van der Waals surface area contributed by atoms with Gasteiger partial charge in [0.1, 0.15) is 12.4 Å². The summed E-state index contributed by atoms with van der Waals surface area (Å²) in [5, 5.41) is 9.83. The maximum absolute atomic E-state index is 14.7. The molecule has 0 bridgehead atoms. The zero-order chi connectivity index (χ0) is 31.8. The number of carbonyl (C=O) groups excluding carboxylic acids is 1. The van der Waals surface area contributed by atoms with Crippen molar-refractivity contribution in [1.82, 2.24) is 34.3 Å². The van der Waals surface area contributed by atoms with Gasteiger partial charge in [-0.2, -0.15) is 14.6 Å². The van der Waals surface area contributed by atoms with Crippen molar-refractivity contribution < 1.29 is 18.7 Å². The van der Waals surface area contributed by atoms with Crippen LogP contribution in [0.5, 0.6) is 5.75 Å². The fraction of sp³-hybridized carbons (Fsp3) is 0.303. The van der Waals surface area contributed by atoms with Crippen molar-refractivity contribution in [2.75, 3.05) is 44.0 Å². The Bertz CT molecular complexity index is 1940. The zero-order valence-electron chi connectivity index (χ0n) is 25.9. The highest BCUT2D eigenvalue weighted by molar-refractivity contribution is 5.93. The minimum atomic E-state index is -0.777. The number of nitrogens with zero attached hydrogens (tertiary/aromatic N) is 8. The van der Waals surface area contributed by atoms with Gasteiger partial charge in [-0.3, -0.25) is 4.79 Å². The molecule has 13 heteroatoms. The molecule has 1 saturated heterocycles. The topological polar surface area (TPSA) is 142 Å². The lowest BCUT2D eigenvalue weighted by Gasteiger charge is -2.46. The SMILES string of the molecule is COCCOc1ccc(N2CC(C)N(C(=O)C(c3ccccc3)n3ncc4c3nc(N)n3nc(-c5ccco5)nc43)C(C)C2)cc1. The highest BCUT2D eigenvalue weighted by Crippen LogP contribution is 2.32. The van der Waals surface area contributed by atoms with E-state index in [1.807, 2.05) is 47.4 Å². The maximum Gasteiger partial charge on any atom is 0.252 e. The number of methoxy groups -OCH3 is 1. The molecule has 5 heterocycles. The number of nitrogens with two attached hydrogens (primary N) is 1. The molecule has 1 fully saturated rings. The van der Waals surface area contributed by atoms with E-state index >= 15 is 0 Å². The minimum Gasteiger partial charge on any atom is -0.491 e. The van der Waals surface area contributed by atoms with Gasteiger partial charge in [0.15, 0.2) is 23.1 Å². The summed E-state index contributed by atoms with van der Waals surface area (Å²) >= 11 is 0. The van der Waals surface area contributed by atoms with Crippen LogP contribution in [0.1, 0.15) is 25.5 Å². The molecule has 2 aromatic carbocycles. The molecule has 1 aliphatic rings. The average Bonchev–Trinajstić information content (AvgIpc) is 3.83. The molecule has 0 spiro atoms. The fourth-order valence-corrected chi connectivity index (χ4v) is 6.26. The summed E-state index contributed by atoms with van der Waals surface area (Å²) < 4.78 is 19.4. The first-order valence-corrected chi connectivity index (χ1v) is 15.2. The van der Waals surface area contributed by atoms with E-state index in [-0.39, 0.29) is 23.9 Å². The molecule has 3 unspecified atom stereocenters. The van der Waals surface area contributed by atoms with Crippen molar-refractivity contribution in [2.24, 2.45) is 0 Å². The monoisotopic (exact) mass is 621 g/mol. The van der Waals surface area contributed by atoms with Crippen LogP contribution in [0.25, 0.3) is 28.3 Å². The van der Waals surface area contributed by atoms with Gasteiger partial charge < -0.3 is 29.4 Å². The molecule has 7 rings (SSSR count). The molecule has 2 N–H and O–H groups in total. The van der Waals surface area contributed by atoms with Gasteiger partial charge in [-0.05, 0) is 55.8 Å². The molecule has 236 valence electrons.